The van der Waals surface area contributed by atoms with Crippen molar-refractivity contribution in [3.05, 3.63) is 40.3 Å². The van der Waals surface area contributed by atoms with E-state index in [4.69, 9.17) is 9.47 Å². The number of alkyl carbamates (subject to hydrolysis) is 1. The molecule has 1 atom stereocenters. The molecule has 1 aromatic heterocycles. The molecular formula is C28H39N3O4S. The van der Waals surface area contributed by atoms with Crippen molar-refractivity contribution < 1.29 is 19.1 Å². The average Bonchev–Trinajstić information content (AvgIpc) is 3.44. The van der Waals surface area contributed by atoms with Crippen molar-refractivity contribution in [2.45, 2.75) is 64.5 Å². The lowest BCUT2D eigenvalue weighted by molar-refractivity contribution is 0.0502. The summed E-state index contributed by atoms with van der Waals surface area (Å²) in [5, 5.41) is 2.90. The number of carbonyl (C=O) groups is 2. The van der Waals surface area contributed by atoms with E-state index in [0.717, 1.165) is 59.0 Å². The second-order valence-corrected chi connectivity index (χ2v) is 12.1. The number of amides is 2. The summed E-state index contributed by atoms with van der Waals surface area (Å²) in [5.74, 6) is 1.47. The van der Waals surface area contributed by atoms with Crippen LogP contribution in [0.4, 0.5) is 4.79 Å². The number of nitrogens with zero attached hydrogens (tertiary/aromatic N) is 2. The van der Waals surface area contributed by atoms with E-state index in [2.05, 4.69) is 41.5 Å². The highest BCUT2D eigenvalue weighted by Crippen LogP contribution is 2.39. The molecule has 8 heteroatoms. The van der Waals surface area contributed by atoms with Gasteiger partial charge in [-0.2, -0.15) is 0 Å². The fourth-order valence-corrected chi connectivity index (χ4v) is 6.18. The lowest BCUT2D eigenvalue weighted by Crippen LogP contribution is -2.41. The van der Waals surface area contributed by atoms with Gasteiger partial charge in [0.25, 0.3) is 5.91 Å². The van der Waals surface area contributed by atoms with Gasteiger partial charge in [0.1, 0.15) is 11.4 Å². The number of carbonyl (C=O) groups excluding carboxylic acids is 2. The summed E-state index contributed by atoms with van der Waals surface area (Å²) in [4.78, 5) is 31.5. The van der Waals surface area contributed by atoms with E-state index in [1.807, 2.05) is 32.6 Å². The minimum atomic E-state index is -0.545. The summed E-state index contributed by atoms with van der Waals surface area (Å²) in [6.45, 7) is 10.8. The standard InChI is InChI=1S/C28H39N3O4S/c1-18-15-24(20-7-8-22(23(16-20)34-6)19-9-12-30(5)13-10-19)36-25(18)26(32)31-14-11-21(17-31)29-27(33)35-28(2,3)4/h7-8,15-16,19,21H,9-14,17H2,1-6H3,(H,29,33)/t21-/m0/s1. The van der Waals surface area contributed by atoms with Gasteiger partial charge in [-0.05, 0) is 102 Å². The summed E-state index contributed by atoms with van der Waals surface area (Å²) in [5.41, 5.74) is 2.78. The van der Waals surface area contributed by atoms with Crippen LogP contribution in [0.25, 0.3) is 10.4 Å². The van der Waals surface area contributed by atoms with E-state index >= 15 is 0 Å². The summed E-state index contributed by atoms with van der Waals surface area (Å²) in [6.07, 6.45) is 2.57. The van der Waals surface area contributed by atoms with Crippen LogP contribution < -0.4 is 10.1 Å². The Labute approximate surface area is 218 Å². The molecule has 36 heavy (non-hydrogen) atoms. The van der Waals surface area contributed by atoms with Gasteiger partial charge in [-0.3, -0.25) is 4.79 Å². The van der Waals surface area contributed by atoms with Crippen molar-refractivity contribution in [3.63, 3.8) is 0 Å². The molecule has 0 aliphatic carbocycles. The third-order valence-corrected chi connectivity index (χ3v) is 8.26. The van der Waals surface area contributed by atoms with Gasteiger partial charge >= 0.3 is 6.09 Å². The van der Waals surface area contributed by atoms with E-state index in [9.17, 15) is 9.59 Å². The predicted molar refractivity (Wildman–Crippen MR) is 144 cm³/mol. The molecular weight excluding hydrogens is 474 g/mol. The molecule has 0 radical (unpaired) electrons. The molecule has 2 aliphatic heterocycles. The quantitative estimate of drug-likeness (QED) is 0.589. The van der Waals surface area contributed by atoms with E-state index < -0.39 is 11.7 Å². The van der Waals surface area contributed by atoms with E-state index in [1.54, 1.807) is 7.11 Å². The molecule has 2 amide bonds. The fourth-order valence-electron chi connectivity index (χ4n) is 5.04. The smallest absolute Gasteiger partial charge is 0.407 e. The van der Waals surface area contributed by atoms with Crippen molar-refractivity contribution >= 4 is 23.3 Å². The summed E-state index contributed by atoms with van der Waals surface area (Å²) in [7, 11) is 3.91. The minimum absolute atomic E-state index is 0.0205. The first-order chi connectivity index (χ1) is 17.0. The number of hydrogen-bond donors (Lipinski definition) is 1. The Hall–Kier alpha value is -2.58. The Morgan fingerprint density at radius 1 is 1.08 bits per heavy atom. The third-order valence-electron chi connectivity index (χ3n) is 6.98. The summed E-state index contributed by atoms with van der Waals surface area (Å²) in [6, 6.07) is 8.47. The highest BCUT2D eigenvalue weighted by Gasteiger charge is 2.31. The number of thiophene rings is 1. The molecule has 4 rings (SSSR count). The van der Waals surface area contributed by atoms with Crippen LogP contribution in [0, 0.1) is 6.92 Å². The zero-order chi connectivity index (χ0) is 26.0. The molecule has 1 aromatic carbocycles. The maximum atomic E-state index is 13.3. The zero-order valence-electron chi connectivity index (χ0n) is 22.3. The Balaban J connectivity index is 1.44. The first-order valence-electron chi connectivity index (χ1n) is 12.8. The number of rotatable bonds is 5. The van der Waals surface area contributed by atoms with Crippen molar-refractivity contribution in [1.29, 1.82) is 0 Å². The van der Waals surface area contributed by atoms with Crippen LogP contribution in [-0.4, -0.2) is 73.8 Å². The molecule has 2 saturated heterocycles. The molecule has 3 heterocycles. The highest BCUT2D eigenvalue weighted by molar-refractivity contribution is 7.17. The number of ether oxygens (including phenoxy) is 2. The molecule has 7 nitrogen and oxygen atoms in total. The normalized spacial score (nSPS) is 19.4. The average molecular weight is 514 g/mol. The van der Waals surface area contributed by atoms with E-state index in [1.165, 1.54) is 16.9 Å². The molecule has 0 saturated carbocycles. The van der Waals surface area contributed by atoms with Gasteiger partial charge < -0.3 is 24.6 Å². The van der Waals surface area contributed by atoms with Crippen molar-refractivity contribution in [2.75, 3.05) is 40.3 Å². The summed E-state index contributed by atoms with van der Waals surface area (Å²) >= 11 is 1.53. The maximum absolute atomic E-state index is 13.3. The Kier molecular flexibility index (Phi) is 7.95. The second kappa shape index (κ2) is 10.8. The van der Waals surface area contributed by atoms with Crippen molar-refractivity contribution in [3.8, 4) is 16.2 Å². The second-order valence-electron chi connectivity index (χ2n) is 11.0. The fraction of sp³-hybridized carbons (Fsp3) is 0.571. The first-order valence-corrected chi connectivity index (χ1v) is 13.6. The number of hydrogen-bond acceptors (Lipinski definition) is 6. The summed E-state index contributed by atoms with van der Waals surface area (Å²) < 4.78 is 11.2. The van der Waals surface area contributed by atoms with Crippen LogP contribution in [-0.2, 0) is 4.74 Å². The van der Waals surface area contributed by atoms with Crippen LogP contribution in [0.15, 0.2) is 24.3 Å². The first kappa shape index (κ1) is 26.5. The van der Waals surface area contributed by atoms with Crippen molar-refractivity contribution in [2.24, 2.45) is 0 Å². The van der Waals surface area contributed by atoms with Gasteiger partial charge in [0.05, 0.1) is 18.0 Å². The van der Waals surface area contributed by atoms with Crippen molar-refractivity contribution in [1.82, 2.24) is 15.1 Å². The number of methoxy groups -OCH3 is 1. The van der Waals surface area contributed by atoms with E-state index in [0.29, 0.717) is 19.0 Å². The Bertz CT molecular complexity index is 1100. The van der Waals surface area contributed by atoms with Crippen LogP contribution >= 0.6 is 11.3 Å². The number of aryl methyl sites for hydroxylation is 1. The molecule has 1 N–H and O–H groups in total. The predicted octanol–water partition coefficient (Wildman–Crippen LogP) is 5.28. The molecule has 0 spiro atoms. The number of piperidine rings is 1. The lowest BCUT2D eigenvalue weighted by atomic mass is 9.88. The van der Waals surface area contributed by atoms with Gasteiger partial charge in [-0.15, -0.1) is 11.3 Å². The molecule has 0 bridgehead atoms. The number of likely N-dealkylation sites (tertiary alicyclic amines) is 2. The topological polar surface area (TPSA) is 71.1 Å². The zero-order valence-corrected chi connectivity index (χ0v) is 23.2. The molecule has 2 fully saturated rings. The van der Waals surface area contributed by atoms with Crippen LogP contribution in [0.5, 0.6) is 5.75 Å². The highest BCUT2D eigenvalue weighted by atomic mass is 32.1. The van der Waals surface area contributed by atoms with Crippen LogP contribution in [0.2, 0.25) is 0 Å². The van der Waals surface area contributed by atoms with Gasteiger partial charge in [0, 0.05) is 18.0 Å². The largest absolute Gasteiger partial charge is 0.496 e. The van der Waals surface area contributed by atoms with Crippen LogP contribution in [0.1, 0.15) is 66.8 Å². The Morgan fingerprint density at radius 3 is 2.47 bits per heavy atom. The van der Waals surface area contributed by atoms with Gasteiger partial charge in [-0.1, -0.05) is 12.1 Å². The monoisotopic (exact) mass is 513 g/mol. The maximum Gasteiger partial charge on any atom is 0.407 e. The number of benzene rings is 1. The van der Waals surface area contributed by atoms with E-state index in [-0.39, 0.29) is 11.9 Å². The third kappa shape index (κ3) is 6.21. The molecule has 0 unspecified atom stereocenters. The molecule has 2 aliphatic rings. The number of nitrogens with one attached hydrogen (secondary N) is 1. The van der Waals surface area contributed by atoms with Gasteiger partial charge in [-0.25, -0.2) is 4.79 Å². The lowest BCUT2D eigenvalue weighted by Gasteiger charge is -2.30. The minimum Gasteiger partial charge on any atom is -0.496 e. The molecule has 196 valence electrons. The molecule has 2 aromatic rings. The Morgan fingerprint density at radius 2 is 1.81 bits per heavy atom. The van der Waals surface area contributed by atoms with Crippen LogP contribution in [0.3, 0.4) is 0 Å². The van der Waals surface area contributed by atoms with Gasteiger partial charge in [0.2, 0.25) is 0 Å². The van der Waals surface area contributed by atoms with Gasteiger partial charge in [0.15, 0.2) is 0 Å². The SMILES string of the molecule is COc1cc(-c2cc(C)c(C(=O)N3CC[C@H](NC(=O)OC(C)(C)C)C3)s2)ccc1C1CCN(C)CC1.